The average Bonchev–Trinajstić information content (AvgIpc) is 3.38. The lowest BCUT2D eigenvalue weighted by atomic mass is 9.53. The van der Waals surface area contributed by atoms with Gasteiger partial charge in [-0.2, -0.15) is 0 Å². The van der Waals surface area contributed by atoms with E-state index in [0.717, 1.165) is 44.7 Å². The fraction of sp³-hybridized carbons (Fsp3) is 0.739. The predicted molar refractivity (Wildman–Crippen MR) is 105 cm³/mol. The summed E-state index contributed by atoms with van der Waals surface area (Å²) < 4.78 is 12.0. The molecule has 1 spiro atoms. The summed E-state index contributed by atoms with van der Waals surface area (Å²) >= 11 is 0. The second kappa shape index (κ2) is 6.81. The van der Waals surface area contributed by atoms with Crippen molar-refractivity contribution >= 4 is 5.97 Å². The van der Waals surface area contributed by atoms with E-state index in [9.17, 15) is 4.79 Å². The first-order valence-corrected chi connectivity index (χ1v) is 11.0. The monoisotopic (exact) mass is 385 g/mol. The van der Waals surface area contributed by atoms with E-state index in [1.165, 1.54) is 24.2 Å². The number of epoxide rings is 1. The normalized spacial score (nSPS) is 42.6. The smallest absolute Gasteiger partial charge is 0.315 e. The third-order valence-corrected chi connectivity index (χ3v) is 8.18. The number of quaternary nitrogens is 1. The maximum absolute atomic E-state index is 12.8. The third-order valence-electron chi connectivity index (χ3n) is 8.18. The van der Waals surface area contributed by atoms with Crippen LogP contribution >= 0.6 is 0 Å². The van der Waals surface area contributed by atoms with Gasteiger partial charge in [-0.1, -0.05) is 13.0 Å². The number of nitrogens with zero attached hydrogens (tertiary/aromatic N) is 1. The number of carbonyl (C=O) groups excluding carboxylic acids is 1. The van der Waals surface area contributed by atoms with Crippen molar-refractivity contribution in [3.05, 3.63) is 30.1 Å². The molecule has 28 heavy (non-hydrogen) atoms. The molecule has 152 valence electrons. The molecule has 2 saturated carbocycles. The minimum atomic E-state index is 0.0380. The number of hydrogen-bond acceptors (Lipinski definition) is 4. The zero-order valence-electron chi connectivity index (χ0n) is 17.2. The molecule has 5 rings (SSSR count). The lowest BCUT2D eigenvalue weighted by Gasteiger charge is -2.51. The minimum absolute atomic E-state index is 0.0380. The van der Waals surface area contributed by atoms with Crippen molar-refractivity contribution in [1.82, 2.24) is 4.98 Å². The van der Waals surface area contributed by atoms with Crippen LogP contribution in [0.1, 0.15) is 44.7 Å². The number of nitrogens with one attached hydrogen (secondary N) is 1. The van der Waals surface area contributed by atoms with E-state index in [2.05, 4.69) is 25.0 Å². The number of rotatable bonds is 5. The van der Waals surface area contributed by atoms with Gasteiger partial charge in [0.05, 0.1) is 32.3 Å². The number of hydrogen-bond donors (Lipinski definition) is 1. The van der Waals surface area contributed by atoms with Gasteiger partial charge in [-0.25, -0.2) is 0 Å². The number of ether oxygens (including phenoxy) is 2. The van der Waals surface area contributed by atoms with Gasteiger partial charge in [0.2, 0.25) is 0 Å². The first kappa shape index (κ1) is 18.6. The lowest BCUT2D eigenvalue weighted by molar-refractivity contribution is -0.882. The summed E-state index contributed by atoms with van der Waals surface area (Å²) in [7, 11) is 2.20. The molecular weight excluding hydrogens is 352 g/mol. The molecule has 3 heterocycles. The molecule has 0 amide bonds. The molecule has 0 bridgehead atoms. The zero-order chi connectivity index (χ0) is 19.4. The highest BCUT2D eigenvalue weighted by Gasteiger charge is 2.65. The van der Waals surface area contributed by atoms with Crippen molar-refractivity contribution in [2.75, 3.05) is 26.7 Å². The second-order valence-corrected chi connectivity index (χ2v) is 10.1. The highest BCUT2D eigenvalue weighted by atomic mass is 16.6. The Hall–Kier alpha value is -1.46. The fourth-order valence-electron chi connectivity index (χ4n) is 6.56. The van der Waals surface area contributed by atoms with Crippen molar-refractivity contribution in [3.8, 4) is 0 Å². The lowest BCUT2D eigenvalue weighted by Crippen LogP contribution is -3.10. The van der Waals surface area contributed by atoms with Crippen LogP contribution in [0.4, 0.5) is 0 Å². The molecule has 4 aliphatic rings. The first-order valence-electron chi connectivity index (χ1n) is 11.0. The summed E-state index contributed by atoms with van der Waals surface area (Å²) in [5.74, 6) is 1.05. The Morgan fingerprint density at radius 2 is 2.18 bits per heavy atom. The van der Waals surface area contributed by atoms with Gasteiger partial charge < -0.3 is 14.4 Å². The molecule has 5 heteroatoms. The van der Waals surface area contributed by atoms with Crippen LogP contribution in [0.15, 0.2) is 24.4 Å². The second-order valence-electron chi connectivity index (χ2n) is 10.1. The van der Waals surface area contributed by atoms with Crippen LogP contribution in [0.25, 0.3) is 0 Å². The van der Waals surface area contributed by atoms with Crippen LogP contribution in [-0.4, -0.2) is 49.4 Å². The molecule has 5 nitrogen and oxygen atoms in total. The topological polar surface area (TPSA) is 56.2 Å². The van der Waals surface area contributed by atoms with E-state index in [-0.39, 0.29) is 29.0 Å². The quantitative estimate of drug-likeness (QED) is 0.619. The van der Waals surface area contributed by atoms with E-state index in [1.54, 1.807) is 0 Å². The molecule has 0 radical (unpaired) electrons. The van der Waals surface area contributed by atoms with Gasteiger partial charge in [0.25, 0.3) is 0 Å². The molecule has 1 aromatic rings. The average molecular weight is 386 g/mol. The summed E-state index contributed by atoms with van der Waals surface area (Å²) in [6, 6.07) is 6.07. The van der Waals surface area contributed by atoms with Gasteiger partial charge in [0.1, 0.15) is 12.0 Å². The molecule has 2 saturated heterocycles. The van der Waals surface area contributed by atoms with Crippen molar-refractivity contribution in [2.24, 2.45) is 23.2 Å². The summed E-state index contributed by atoms with van der Waals surface area (Å²) in [5.41, 5.74) is 1.53. The standard InChI is InChI=1S/C23H32N2O3/c1-22-8-5-9-23(15-27-23)20(22)12-17-18(21(26)28-19(17)13-22)14-25(2)11-7-16-6-3-4-10-24-16/h3-4,6,10,17-20H,5,7-9,11-15H2,1-2H3/p+1/t17-,18+,19-,20-,22-,23+/m1/s1. The van der Waals surface area contributed by atoms with Crippen molar-refractivity contribution in [1.29, 1.82) is 0 Å². The highest BCUT2D eigenvalue weighted by Crippen LogP contribution is 2.62. The molecule has 1 aromatic heterocycles. The summed E-state index contributed by atoms with van der Waals surface area (Å²) in [4.78, 5) is 18.6. The van der Waals surface area contributed by atoms with Gasteiger partial charge in [-0.15, -0.1) is 0 Å². The van der Waals surface area contributed by atoms with Crippen LogP contribution in [0.3, 0.4) is 0 Å². The van der Waals surface area contributed by atoms with Crippen LogP contribution in [0.5, 0.6) is 0 Å². The molecular formula is C23H33N2O3+. The van der Waals surface area contributed by atoms with E-state index in [1.807, 2.05) is 18.3 Å². The maximum atomic E-state index is 12.8. The Balaban J connectivity index is 1.25. The number of likely N-dealkylation sites (N-methyl/N-ethyl adjacent to an activating group) is 1. The van der Waals surface area contributed by atoms with Gasteiger partial charge in [0, 0.05) is 24.2 Å². The Kier molecular flexibility index (Phi) is 4.51. The molecule has 2 aliphatic carbocycles. The largest absolute Gasteiger partial charge is 0.462 e. The van der Waals surface area contributed by atoms with Crippen molar-refractivity contribution in [2.45, 2.75) is 57.2 Å². The Bertz CT molecular complexity index is 735. The first-order chi connectivity index (χ1) is 13.5. The van der Waals surface area contributed by atoms with E-state index in [0.29, 0.717) is 11.8 Å². The Labute approximate surface area is 167 Å². The number of esters is 1. The van der Waals surface area contributed by atoms with Crippen LogP contribution in [-0.2, 0) is 20.7 Å². The Morgan fingerprint density at radius 1 is 1.32 bits per heavy atom. The molecule has 0 aromatic carbocycles. The SMILES string of the molecule is C[NH+](CCc1ccccn1)C[C@@H]1C(=O)O[C@@H]2C[C@@]3(C)CCC[C@]4(CO4)[C@@H]3C[C@H]12. The minimum Gasteiger partial charge on any atom is -0.462 e. The van der Waals surface area contributed by atoms with E-state index >= 15 is 0 Å². The molecule has 7 atom stereocenters. The number of carbonyl (C=O) groups is 1. The molecule has 1 unspecified atom stereocenters. The molecule has 1 N–H and O–H groups in total. The van der Waals surface area contributed by atoms with Gasteiger partial charge in [0.15, 0.2) is 0 Å². The summed E-state index contributed by atoms with van der Waals surface area (Å²) in [6.07, 6.45) is 8.76. The number of fused-ring (bicyclic) bond motifs is 3. The fourth-order valence-corrected chi connectivity index (χ4v) is 6.56. The highest BCUT2D eigenvalue weighted by molar-refractivity contribution is 5.75. The zero-order valence-corrected chi connectivity index (χ0v) is 17.2. The summed E-state index contributed by atoms with van der Waals surface area (Å²) in [6.45, 7) is 5.21. The molecule has 4 fully saturated rings. The van der Waals surface area contributed by atoms with Gasteiger partial charge in [-0.3, -0.25) is 9.78 Å². The van der Waals surface area contributed by atoms with E-state index < -0.39 is 0 Å². The van der Waals surface area contributed by atoms with Crippen LogP contribution in [0, 0.1) is 23.2 Å². The maximum Gasteiger partial charge on any atom is 0.315 e. The van der Waals surface area contributed by atoms with Crippen LogP contribution < -0.4 is 4.90 Å². The van der Waals surface area contributed by atoms with Crippen molar-refractivity contribution in [3.63, 3.8) is 0 Å². The number of pyridine rings is 1. The van der Waals surface area contributed by atoms with E-state index in [4.69, 9.17) is 9.47 Å². The van der Waals surface area contributed by atoms with Crippen molar-refractivity contribution < 1.29 is 19.2 Å². The number of aromatic nitrogens is 1. The van der Waals surface area contributed by atoms with Gasteiger partial charge >= 0.3 is 5.97 Å². The molecule has 2 aliphatic heterocycles. The van der Waals surface area contributed by atoms with Crippen LogP contribution in [0.2, 0.25) is 0 Å². The predicted octanol–water partition coefficient (Wildman–Crippen LogP) is 1.67. The summed E-state index contributed by atoms with van der Waals surface area (Å²) in [5, 5.41) is 0. The third kappa shape index (κ3) is 3.17. The van der Waals surface area contributed by atoms with Gasteiger partial charge in [-0.05, 0) is 55.6 Å². The Morgan fingerprint density at radius 3 is 2.93 bits per heavy atom.